The van der Waals surface area contributed by atoms with E-state index in [1.165, 1.54) is 257 Å². The molecule has 8 nitrogen and oxygen atoms in total. The van der Waals surface area contributed by atoms with Gasteiger partial charge < -0.3 is 19.8 Å². The van der Waals surface area contributed by atoms with Gasteiger partial charge in [0.2, 0.25) is 5.91 Å². The molecule has 0 saturated carbocycles. The van der Waals surface area contributed by atoms with Crippen molar-refractivity contribution in [1.29, 1.82) is 0 Å². The SMILES string of the molecule is CC/C=C\C/C=C\C/C=C\C/C=C\C/C=C\C/C=C\CCCCCCCCCCCCCCCCCCCCCCCCC(=O)NC(COP(=O)(O)OCC[N+](C)(C)C)C(O)/C=C/CCCCCCCCCCCCCCCCCCCCCCCC. The molecule has 0 bridgehead atoms. The van der Waals surface area contributed by atoms with E-state index in [9.17, 15) is 19.4 Å². The standard InChI is InChI=1S/C78H145N2O6P/c1-6-8-10-12-14-16-18-20-22-24-26-28-30-32-33-34-35-36-37-38-39-40-41-42-43-44-45-46-47-48-50-52-54-56-58-60-62-64-66-68-70-72-78(82)79-76(75-86-87(83,84)85-74-73-80(3,4)5)77(81)71-69-67-65-63-61-59-57-55-53-51-49-31-29-27-25-23-21-19-17-15-13-11-9-7-2/h8,10,14,16,20,22,26,28,32-33,35-36,69,71,76-77,81H,6-7,9,11-13,15,17-19,21,23-25,27,29-31,34,37-68,70,72-75H2,1-5H3,(H-,79,82,83,84)/p+1/b10-8-,16-14-,22-20-,28-26-,33-32-,36-35-,71-69+. The van der Waals surface area contributed by atoms with Crippen LogP contribution in [0.3, 0.4) is 0 Å². The molecule has 0 spiro atoms. The van der Waals surface area contributed by atoms with E-state index in [4.69, 9.17) is 9.05 Å². The zero-order valence-electron chi connectivity index (χ0n) is 58.3. The van der Waals surface area contributed by atoms with Gasteiger partial charge in [-0.2, -0.15) is 0 Å². The highest BCUT2D eigenvalue weighted by atomic mass is 31.2. The Kier molecular flexibility index (Phi) is 66.2. The van der Waals surface area contributed by atoms with Crippen molar-refractivity contribution in [3.8, 4) is 0 Å². The van der Waals surface area contributed by atoms with Crippen LogP contribution in [0.25, 0.3) is 0 Å². The molecule has 0 heterocycles. The highest BCUT2D eigenvalue weighted by molar-refractivity contribution is 7.47. The molecule has 0 aromatic carbocycles. The smallest absolute Gasteiger partial charge is 0.387 e. The fourth-order valence-electron chi connectivity index (χ4n) is 11.1. The van der Waals surface area contributed by atoms with E-state index in [2.05, 4.69) is 92.1 Å². The van der Waals surface area contributed by atoms with Gasteiger partial charge in [-0.3, -0.25) is 13.8 Å². The number of phosphoric acid groups is 1. The van der Waals surface area contributed by atoms with E-state index in [1.54, 1.807) is 6.08 Å². The van der Waals surface area contributed by atoms with Crippen LogP contribution in [-0.2, 0) is 18.4 Å². The number of nitrogens with zero attached hydrogens (tertiary/aromatic N) is 1. The first-order valence-electron chi connectivity index (χ1n) is 37.5. The number of hydrogen-bond donors (Lipinski definition) is 3. The van der Waals surface area contributed by atoms with Gasteiger partial charge in [-0.25, -0.2) is 4.57 Å². The molecule has 0 rings (SSSR count). The molecule has 1 amide bonds. The van der Waals surface area contributed by atoms with Crippen LogP contribution < -0.4 is 5.32 Å². The fourth-order valence-corrected chi connectivity index (χ4v) is 11.8. The maximum Gasteiger partial charge on any atom is 0.472 e. The Balaban J connectivity index is 3.96. The third-order valence-electron chi connectivity index (χ3n) is 16.9. The zero-order valence-corrected chi connectivity index (χ0v) is 59.2. The molecular weight excluding hydrogens is 1090 g/mol. The first-order chi connectivity index (χ1) is 42.5. The zero-order chi connectivity index (χ0) is 63.4. The lowest BCUT2D eigenvalue weighted by Crippen LogP contribution is -2.45. The molecule has 508 valence electrons. The van der Waals surface area contributed by atoms with E-state index in [-0.39, 0.29) is 19.1 Å². The number of nitrogens with one attached hydrogen (secondary N) is 1. The number of allylic oxidation sites excluding steroid dienone is 13. The van der Waals surface area contributed by atoms with Crippen molar-refractivity contribution in [3.05, 3.63) is 85.1 Å². The highest BCUT2D eigenvalue weighted by Gasteiger charge is 2.28. The second-order valence-electron chi connectivity index (χ2n) is 26.6. The Morgan fingerprint density at radius 2 is 0.690 bits per heavy atom. The monoisotopic (exact) mass is 1240 g/mol. The number of amides is 1. The van der Waals surface area contributed by atoms with Crippen molar-refractivity contribution >= 4 is 13.7 Å². The molecule has 0 aromatic heterocycles. The van der Waals surface area contributed by atoms with Crippen LogP contribution in [0.1, 0.15) is 354 Å². The first kappa shape index (κ1) is 84.7. The van der Waals surface area contributed by atoms with Crippen LogP contribution in [0.15, 0.2) is 85.1 Å². The second kappa shape index (κ2) is 68.1. The van der Waals surface area contributed by atoms with Crippen LogP contribution in [-0.4, -0.2) is 73.4 Å². The molecule has 87 heavy (non-hydrogen) atoms. The molecule has 9 heteroatoms. The van der Waals surface area contributed by atoms with Gasteiger partial charge in [0.05, 0.1) is 39.9 Å². The molecule has 0 aliphatic carbocycles. The summed E-state index contributed by atoms with van der Waals surface area (Å²) in [5.74, 6) is -0.171. The van der Waals surface area contributed by atoms with Crippen molar-refractivity contribution in [2.45, 2.75) is 366 Å². The number of rotatable bonds is 69. The van der Waals surface area contributed by atoms with Crippen molar-refractivity contribution in [1.82, 2.24) is 5.32 Å². The average molecular weight is 1240 g/mol. The average Bonchev–Trinajstić information content (AvgIpc) is 3.71. The summed E-state index contributed by atoms with van der Waals surface area (Å²) in [6.45, 7) is 4.75. The van der Waals surface area contributed by atoms with Crippen LogP contribution >= 0.6 is 7.82 Å². The summed E-state index contributed by atoms with van der Waals surface area (Å²) in [7, 11) is 1.58. The van der Waals surface area contributed by atoms with E-state index >= 15 is 0 Å². The molecule has 0 radical (unpaired) electrons. The Hall–Kier alpha value is -2.32. The summed E-state index contributed by atoms with van der Waals surface area (Å²) in [6.07, 6.45) is 97.5. The van der Waals surface area contributed by atoms with Gasteiger partial charge in [0.15, 0.2) is 0 Å². The van der Waals surface area contributed by atoms with E-state index in [0.717, 1.165) is 77.0 Å². The van der Waals surface area contributed by atoms with Crippen molar-refractivity contribution in [2.75, 3.05) is 40.9 Å². The minimum atomic E-state index is -4.36. The normalized spacial score (nSPS) is 14.1. The van der Waals surface area contributed by atoms with Gasteiger partial charge in [0, 0.05) is 6.42 Å². The topological polar surface area (TPSA) is 105 Å². The Morgan fingerprint density at radius 1 is 0.402 bits per heavy atom. The molecule has 0 aromatic rings. The van der Waals surface area contributed by atoms with Crippen LogP contribution in [0.4, 0.5) is 0 Å². The Morgan fingerprint density at radius 3 is 1.01 bits per heavy atom. The molecule has 0 fully saturated rings. The molecule has 3 N–H and O–H groups in total. The number of unbranched alkanes of at least 4 members (excludes halogenated alkanes) is 44. The number of aliphatic hydroxyl groups is 1. The van der Waals surface area contributed by atoms with Gasteiger partial charge in [0.25, 0.3) is 0 Å². The third-order valence-corrected chi connectivity index (χ3v) is 17.9. The Labute approximate surface area is 541 Å². The molecule has 0 aliphatic rings. The predicted molar refractivity (Wildman–Crippen MR) is 383 cm³/mol. The third kappa shape index (κ3) is 71.0. The first-order valence-corrected chi connectivity index (χ1v) is 39.0. The van der Waals surface area contributed by atoms with Gasteiger partial charge in [-0.15, -0.1) is 0 Å². The number of aliphatic hydroxyl groups excluding tert-OH is 1. The molecule has 3 atom stereocenters. The summed E-state index contributed by atoms with van der Waals surface area (Å²) >= 11 is 0. The summed E-state index contributed by atoms with van der Waals surface area (Å²) in [4.78, 5) is 23.5. The van der Waals surface area contributed by atoms with Gasteiger partial charge in [0.1, 0.15) is 13.2 Å². The lowest BCUT2D eigenvalue weighted by atomic mass is 10.0. The lowest BCUT2D eigenvalue weighted by molar-refractivity contribution is -0.870. The van der Waals surface area contributed by atoms with E-state index in [1.807, 2.05) is 27.2 Å². The second-order valence-corrected chi connectivity index (χ2v) is 28.1. The number of carbonyl (C=O) groups is 1. The van der Waals surface area contributed by atoms with Crippen molar-refractivity contribution < 1.29 is 32.9 Å². The molecule has 3 unspecified atom stereocenters. The fraction of sp³-hybridized carbons (Fsp3) is 0.808. The minimum Gasteiger partial charge on any atom is -0.387 e. The van der Waals surface area contributed by atoms with Gasteiger partial charge in [-0.05, 0) is 70.6 Å². The number of likely N-dealkylation sites (N-methyl/N-ethyl adjacent to an activating group) is 1. The highest BCUT2D eigenvalue weighted by Crippen LogP contribution is 2.43. The van der Waals surface area contributed by atoms with Crippen LogP contribution in [0.5, 0.6) is 0 Å². The summed E-state index contributed by atoms with van der Waals surface area (Å²) < 4.78 is 23.8. The maximum atomic E-state index is 13.1. The largest absolute Gasteiger partial charge is 0.472 e. The number of quaternary nitrogens is 1. The van der Waals surface area contributed by atoms with Crippen molar-refractivity contribution in [2.24, 2.45) is 0 Å². The van der Waals surface area contributed by atoms with Gasteiger partial charge >= 0.3 is 7.82 Å². The summed E-state index contributed by atoms with van der Waals surface area (Å²) in [5.41, 5.74) is 0. The number of hydrogen-bond acceptors (Lipinski definition) is 5. The number of phosphoric ester groups is 1. The molecular formula is C78H146N2O6P+. The Bertz CT molecular complexity index is 1700. The summed E-state index contributed by atoms with van der Waals surface area (Å²) in [6, 6.07) is -0.849. The van der Waals surface area contributed by atoms with Crippen LogP contribution in [0.2, 0.25) is 0 Å². The van der Waals surface area contributed by atoms with Crippen molar-refractivity contribution in [3.63, 3.8) is 0 Å². The quantitative estimate of drug-likeness (QED) is 0.0243. The summed E-state index contributed by atoms with van der Waals surface area (Å²) in [5, 5.41) is 14.0. The minimum absolute atomic E-state index is 0.0618. The lowest BCUT2D eigenvalue weighted by Gasteiger charge is -2.25. The maximum absolute atomic E-state index is 13.1. The predicted octanol–water partition coefficient (Wildman–Crippen LogP) is 24.3. The molecule has 0 saturated heterocycles. The van der Waals surface area contributed by atoms with Crippen LogP contribution in [0, 0.1) is 0 Å². The van der Waals surface area contributed by atoms with E-state index < -0.39 is 20.0 Å². The number of carbonyl (C=O) groups excluding carboxylic acids is 1. The van der Waals surface area contributed by atoms with Gasteiger partial charge in [-0.1, -0.05) is 362 Å². The molecule has 0 aliphatic heterocycles. The van der Waals surface area contributed by atoms with E-state index in [0.29, 0.717) is 17.4 Å².